The molecule has 0 unspecified atom stereocenters. The van der Waals surface area contributed by atoms with Gasteiger partial charge in [0.15, 0.2) is 5.58 Å². The molecule has 0 spiro atoms. The lowest BCUT2D eigenvalue weighted by Gasteiger charge is -2.05. The molecule has 1 aliphatic heterocycles. The topological polar surface area (TPSA) is 72.2 Å². The second-order valence-corrected chi connectivity index (χ2v) is 6.50. The molecule has 0 bridgehead atoms. The van der Waals surface area contributed by atoms with Crippen LogP contribution in [0.3, 0.4) is 0 Å². The number of aromatic nitrogens is 1. The van der Waals surface area contributed by atoms with Crippen LogP contribution in [0.5, 0.6) is 0 Å². The van der Waals surface area contributed by atoms with Crippen molar-refractivity contribution in [2.45, 2.75) is 11.6 Å². The minimum absolute atomic E-state index is 0.104. The van der Waals surface area contributed by atoms with Gasteiger partial charge in [0.25, 0.3) is 0 Å². The number of para-hydroxylation sites is 2. The Kier molecular flexibility index (Phi) is 2.83. The van der Waals surface area contributed by atoms with E-state index in [2.05, 4.69) is 10.3 Å². The standard InChI is InChI=1S/C12H14N2O3S/c15-18(16,8-9-5-6-13-7-9)12-14-10-3-1-2-4-11(10)17-12/h1-4,9,13H,5-8H2/t9-/m1/s1. The molecule has 1 saturated heterocycles. The Morgan fingerprint density at radius 1 is 1.39 bits per heavy atom. The molecule has 6 heteroatoms. The van der Waals surface area contributed by atoms with Crippen LogP contribution in [0.2, 0.25) is 0 Å². The molecule has 0 radical (unpaired) electrons. The number of nitrogens with one attached hydrogen (secondary N) is 1. The molecule has 0 saturated carbocycles. The summed E-state index contributed by atoms with van der Waals surface area (Å²) in [5.74, 6) is 0.261. The predicted octanol–water partition coefficient (Wildman–Crippen LogP) is 1.21. The highest BCUT2D eigenvalue weighted by atomic mass is 32.2. The SMILES string of the molecule is O=S(=O)(C[C@@H]1CCNC1)c1nc2ccccc2o1. The van der Waals surface area contributed by atoms with Crippen LogP contribution < -0.4 is 5.32 Å². The van der Waals surface area contributed by atoms with Crippen LogP contribution in [0.25, 0.3) is 11.1 Å². The van der Waals surface area contributed by atoms with Gasteiger partial charge in [-0.3, -0.25) is 0 Å². The van der Waals surface area contributed by atoms with Crippen LogP contribution in [0, 0.1) is 5.92 Å². The van der Waals surface area contributed by atoms with E-state index in [9.17, 15) is 8.42 Å². The van der Waals surface area contributed by atoms with Crippen molar-refractivity contribution in [2.24, 2.45) is 5.92 Å². The van der Waals surface area contributed by atoms with Crippen molar-refractivity contribution in [3.8, 4) is 0 Å². The molecule has 96 valence electrons. The van der Waals surface area contributed by atoms with Crippen molar-refractivity contribution in [3.05, 3.63) is 24.3 Å². The summed E-state index contributed by atoms with van der Waals surface area (Å²) in [7, 11) is -3.42. The molecule has 1 aromatic carbocycles. The number of hydrogen-bond acceptors (Lipinski definition) is 5. The van der Waals surface area contributed by atoms with Crippen LogP contribution >= 0.6 is 0 Å². The minimum atomic E-state index is -3.42. The van der Waals surface area contributed by atoms with Crippen molar-refractivity contribution >= 4 is 20.9 Å². The van der Waals surface area contributed by atoms with E-state index in [0.29, 0.717) is 11.1 Å². The summed E-state index contributed by atoms with van der Waals surface area (Å²) in [6.45, 7) is 1.63. The summed E-state index contributed by atoms with van der Waals surface area (Å²) in [5, 5.41) is 3.00. The second kappa shape index (κ2) is 4.37. The van der Waals surface area contributed by atoms with Gasteiger partial charge in [-0.2, -0.15) is 4.98 Å². The average molecular weight is 266 g/mol. The molecule has 5 nitrogen and oxygen atoms in total. The average Bonchev–Trinajstić information content (AvgIpc) is 2.96. The zero-order valence-corrected chi connectivity index (χ0v) is 10.6. The van der Waals surface area contributed by atoms with Gasteiger partial charge >= 0.3 is 5.22 Å². The summed E-state index contributed by atoms with van der Waals surface area (Å²) in [6, 6.07) is 7.07. The number of rotatable bonds is 3. The van der Waals surface area contributed by atoms with Crippen molar-refractivity contribution in [3.63, 3.8) is 0 Å². The molecule has 18 heavy (non-hydrogen) atoms. The van der Waals surface area contributed by atoms with Gasteiger partial charge in [-0.15, -0.1) is 0 Å². The van der Waals surface area contributed by atoms with Crippen molar-refractivity contribution in [1.29, 1.82) is 0 Å². The van der Waals surface area contributed by atoms with Gasteiger partial charge in [0.2, 0.25) is 9.84 Å². The monoisotopic (exact) mass is 266 g/mol. The zero-order chi connectivity index (χ0) is 12.6. The van der Waals surface area contributed by atoms with Crippen LogP contribution in [0.15, 0.2) is 33.9 Å². The fraction of sp³-hybridized carbons (Fsp3) is 0.417. The van der Waals surface area contributed by atoms with Gasteiger partial charge in [-0.25, -0.2) is 8.42 Å². The summed E-state index contributed by atoms with van der Waals surface area (Å²) in [4.78, 5) is 4.05. The molecule has 2 aromatic rings. The number of nitrogens with zero attached hydrogens (tertiary/aromatic N) is 1. The van der Waals surface area contributed by atoms with E-state index in [0.717, 1.165) is 19.5 Å². The number of sulfone groups is 1. The Morgan fingerprint density at radius 3 is 2.94 bits per heavy atom. The highest BCUT2D eigenvalue weighted by Crippen LogP contribution is 2.21. The number of fused-ring (bicyclic) bond motifs is 1. The van der Waals surface area contributed by atoms with Gasteiger partial charge in [0, 0.05) is 0 Å². The molecule has 1 atom stereocenters. The van der Waals surface area contributed by atoms with Crippen LogP contribution in [-0.4, -0.2) is 32.2 Å². The fourth-order valence-corrected chi connectivity index (χ4v) is 3.72. The van der Waals surface area contributed by atoms with Crippen molar-refractivity contribution in [1.82, 2.24) is 10.3 Å². The highest BCUT2D eigenvalue weighted by molar-refractivity contribution is 7.91. The van der Waals surface area contributed by atoms with Gasteiger partial charge in [-0.1, -0.05) is 12.1 Å². The van der Waals surface area contributed by atoms with E-state index in [1.54, 1.807) is 18.2 Å². The third-order valence-corrected chi connectivity index (χ3v) is 4.77. The normalized spacial score (nSPS) is 20.6. The lowest BCUT2D eigenvalue weighted by Crippen LogP contribution is -2.19. The Labute approximate surface area is 105 Å². The summed E-state index contributed by atoms with van der Waals surface area (Å²) in [5.41, 5.74) is 1.10. The molecule has 2 heterocycles. The smallest absolute Gasteiger partial charge is 0.316 e. The summed E-state index contributed by atoms with van der Waals surface area (Å²) >= 11 is 0. The first kappa shape index (κ1) is 11.7. The first-order valence-corrected chi connectivity index (χ1v) is 7.59. The van der Waals surface area contributed by atoms with Gasteiger partial charge in [0.05, 0.1) is 5.75 Å². The predicted molar refractivity (Wildman–Crippen MR) is 67.0 cm³/mol. The quantitative estimate of drug-likeness (QED) is 0.904. The highest BCUT2D eigenvalue weighted by Gasteiger charge is 2.27. The van der Waals surface area contributed by atoms with E-state index in [4.69, 9.17) is 4.42 Å². The molecule has 3 rings (SSSR count). The number of benzene rings is 1. The lowest BCUT2D eigenvalue weighted by atomic mass is 10.2. The minimum Gasteiger partial charge on any atom is -0.428 e. The van der Waals surface area contributed by atoms with Crippen LogP contribution in [-0.2, 0) is 9.84 Å². The summed E-state index contributed by atoms with van der Waals surface area (Å²) in [6.07, 6.45) is 0.888. The lowest BCUT2D eigenvalue weighted by molar-refractivity contribution is 0.453. The Hall–Kier alpha value is -1.40. The van der Waals surface area contributed by atoms with E-state index in [-0.39, 0.29) is 16.9 Å². The zero-order valence-electron chi connectivity index (χ0n) is 9.80. The van der Waals surface area contributed by atoms with E-state index >= 15 is 0 Å². The molecule has 1 fully saturated rings. The molecule has 0 aliphatic carbocycles. The molecule has 1 aliphatic rings. The van der Waals surface area contributed by atoms with E-state index < -0.39 is 9.84 Å². The fourth-order valence-electron chi connectivity index (χ4n) is 2.22. The first-order chi connectivity index (χ1) is 8.65. The maximum atomic E-state index is 12.2. The molecule has 0 amide bonds. The Balaban J connectivity index is 1.92. The number of oxazole rings is 1. The third-order valence-electron chi connectivity index (χ3n) is 3.16. The van der Waals surface area contributed by atoms with Gasteiger partial charge in [-0.05, 0) is 37.6 Å². The molecular weight excluding hydrogens is 252 g/mol. The third kappa shape index (κ3) is 2.13. The maximum Gasteiger partial charge on any atom is 0.316 e. The molecular formula is C12H14N2O3S. The van der Waals surface area contributed by atoms with Crippen molar-refractivity contribution < 1.29 is 12.8 Å². The first-order valence-electron chi connectivity index (χ1n) is 5.94. The van der Waals surface area contributed by atoms with E-state index in [1.165, 1.54) is 0 Å². The van der Waals surface area contributed by atoms with E-state index in [1.807, 2.05) is 6.07 Å². The Morgan fingerprint density at radius 2 is 2.22 bits per heavy atom. The Bertz CT molecular complexity index is 624. The molecule has 1 aromatic heterocycles. The molecule has 1 N–H and O–H groups in total. The van der Waals surface area contributed by atoms with Gasteiger partial charge in [0.1, 0.15) is 5.52 Å². The number of hydrogen-bond donors (Lipinski definition) is 1. The van der Waals surface area contributed by atoms with Gasteiger partial charge < -0.3 is 9.73 Å². The van der Waals surface area contributed by atoms with Crippen LogP contribution in [0.1, 0.15) is 6.42 Å². The second-order valence-electron chi connectivity index (χ2n) is 4.59. The van der Waals surface area contributed by atoms with Crippen LogP contribution in [0.4, 0.5) is 0 Å². The largest absolute Gasteiger partial charge is 0.428 e. The summed E-state index contributed by atoms with van der Waals surface area (Å²) < 4.78 is 29.7. The maximum absolute atomic E-state index is 12.2. The van der Waals surface area contributed by atoms with Crippen molar-refractivity contribution in [2.75, 3.05) is 18.8 Å².